The molecular formula is C14H22O7. The van der Waals surface area contributed by atoms with Crippen LogP contribution in [0.3, 0.4) is 0 Å². The fraction of sp³-hybridized carbons (Fsp3) is 0.929. The lowest BCUT2D eigenvalue weighted by Gasteiger charge is -2.33. The number of ether oxygens (including phenoxy) is 5. The first-order chi connectivity index (χ1) is 9.55. The number of rotatable bonds is 2. The van der Waals surface area contributed by atoms with Gasteiger partial charge in [-0.15, -0.1) is 0 Å². The second kappa shape index (κ2) is 4.47. The van der Waals surface area contributed by atoms with Crippen molar-refractivity contribution in [1.29, 1.82) is 0 Å². The molecule has 3 heterocycles. The maximum atomic E-state index is 12.1. The van der Waals surface area contributed by atoms with Crippen molar-refractivity contribution < 1.29 is 33.6 Å². The third-order valence-electron chi connectivity index (χ3n) is 4.14. The maximum absolute atomic E-state index is 12.1. The first kappa shape index (κ1) is 15.3. The number of hydrogen-bond donors (Lipinski definition) is 1. The quantitative estimate of drug-likeness (QED) is 0.787. The van der Waals surface area contributed by atoms with Gasteiger partial charge in [-0.1, -0.05) is 0 Å². The van der Waals surface area contributed by atoms with E-state index in [4.69, 9.17) is 23.7 Å². The third-order valence-corrected chi connectivity index (χ3v) is 4.14. The Morgan fingerprint density at radius 2 is 1.71 bits per heavy atom. The Balaban J connectivity index is 1.88. The Hall–Kier alpha value is -0.570. The molecule has 0 saturated carbocycles. The van der Waals surface area contributed by atoms with Crippen molar-refractivity contribution in [3.8, 4) is 0 Å². The molecule has 5 atom stereocenters. The van der Waals surface area contributed by atoms with Gasteiger partial charge in [-0.05, 0) is 34.6 Å². The standard InChI is InChI=1S/C14H22O7/c1-7(15)14(16)9(8-6-17-12(2,3)19-8)18-11-10(14)20-13(4,5)21-11/h8-11,16H,6H2,1-5H3/t8-,9-,10+,11-,14+/m1/s1. The highest BCUT2D eigenvalue weighted by atomic mass is 16.8. The van der Waals surface area contributed by atoms with Gasteiger partial charge in [-0.2, -0.15) is 0 Å². The highest BCUT2D eigenvalue weighted by Gasteiger charge is 2.68. The average molecular weight is 302 g/mol. The van der Waals surface area contributed by atoms with E-state index in [1.54, 1.807) is 27.7 Å². The van der Waals surface area contributed by atoms with Gasteiger partial charge < -0.3 is 28.8 Å². The topological polar surface area (TPSA) is 83.5 Å². The van der Waals surface area contributed by atoms with Crippen molar-refractivity contribution in [3.05, 3.63) is 0 Å². The second-order valence-electron chi connectivity index (χ2n) is 6.73. The van der Waals surface area contributed by atoms with Crippen LogP contribution in [0.4, 0.5) is 0 Å². The summed E-state index contributed by atoms with van der Waals surface area (Å²) in [7, 11) is 0. The number of carbonyl (C=O) groups excluding carboxylic acids is 1. The van der Waals surface area contributed by atoms with Crippen LogP contribution in [0.25, 0.3) is 0 Å². The van der Waals surface area contributed by atoms with E-state index in [1.165, 1.54) is 6.92 Å². The molecule has 0 unspecified atom stereocenters. The molecule has 120 valence electrons. The smallest absolute Gasteiger partial charge is 0.191 e. The van der Waals surface area contributed by atoms with Crippen LogP contribution in [0.15, 0.2) is 0 Å². The first-order valence-corrected chi connectivity index (χ1v) is 7.11. The normalized spacial score (nSPS) is 47.5. The van der Waals surface area contributed by atoms with Crippen LogP contribution in [0, 0.1) is 0 Å². The van der Waals surface area contributed by atoms with E-state index in [2.05, 4.69) is 0 Å². The number of Topliss-reactive ketones (excluding diaryl/α,β-unsaturated/α-hetero) is 1. The highest BCUT2D eigenvalue weighted by molar-refractivity contribution is 5.87. The minimum Gasteiger partial charge on any atom is -0.377 e. The lowest BCUT2D eigenvalue weighted by Crippen LogP contribution is -2.58. The molecule has 7 nitrogen and oxygen atoms in total. The predicted octanol–water partition coefficient (Wildman–Crippen LogP) is 0.334. The molecule has 0 aromatic heterocycles. The monoisotopic (exact) mass is 302 g/mol. The highest BCUT2D eigenvalue weighted by Crippen LogP contribution is 2.46. The number of ketones is 1. The van der Waals surface area contributed by atoms with Crippen LogP contribution in [-0.2, 0) is 28.5 Å². The molecule has 3 aliphatic heterocycles. The summed E-state index contributed by atoms with van der Waals surface area (Å²) < 4.78 is 28.3. The molecule has 21 heavy (non-hydrogen) atoms. The zero-order valence-electron chi connectivity index (χ0n) is 12.9. The molecule has 0 aromatic rings. The Bertz CT molecular complexity index is 460. The summed E-state index contributed by atoms with van der Waals surface area (Å²) in [5, 5.41) is 10.9. The SMILES string of the molecule is CC(=O)[C@]1(O)[C@@H]([C@H]2COC(C)(C)O2)O[C@@H]2OC(C)(C)O[C@@H]21. The van der Waals surface area contributed by atoms with Crippen molar-refractivity contribution in [3.63, 3.8) is 0 Å². The summed E-state index contributed by atoms with van der Waals surface area (Å²) in [5.41, 5.74) is -1.81. The van der Waals surface area contributed by atoms with E-state index >= 15 is 0 Å². The van der Waals surface area contributed by atoms with Crippen molar-refractivity contribution >= 4 is 5.78 Å². The van der Waals surface area contributed by atoms with Crippen molar-refractivity contribution in [1.82, 2.24) is 0 Å². The zero-order valence-corrected chi connectivity index (χ0v) is 12.9. The molecule has 0 aliphatic carbocycles. The van der Waals surface area contributed by atoms with Crippen molar-refractivity contribution in [2.75, 3.05) is 6.61 Å². The van der Waals surface area contributed by atoms with Gasteiger partial charge in [0.25, 0.3) is 0 Å². The number of hydrogen-bond acceptors (Lipinski definition) is 7. The Kier molecular flexibility index (Phi) is 3.26. The van der Waals surface area contributed by atoms with Gasteiger partial charge in [0.1, 0.15) is 12.2 Å². The molecule has 3 aliphatic rings. The average Bonchev–Trinajstić information content (AvgIpc) is 2.91. The van der Waals surface area contributed by atoms with E-state index < -0.39 is 47.6 Å². The van der Waals surface area contributed by atoms with Crippen LogP contribution in [-0.4, -0.2) is 59.3 Å². The molecule has 1 N–H and O–H groups in total. The molecule has 3 saturated heterocycles. The summed E-state index contributed by atoms with van der Waals surface area (Å²) in [6, 6.07) is 0. The molecule has 7 heteroatoms. The van der Waals surface area contributed by atoms with E-state index in [1.807, 2.05) is 0 Å². The van der Waals surface area contributed by atoms with Crippen LogP contribution < -0.4 is 0 Å². The third kappa shape index (κ3) is 2.32. The van der Waals surface area contributed by atoms with Crippen LogP contribution in [0.5, 0.6) is 0 Å². The molecule has 0 amide bonds. The molecular weight excluding hydrogens is 280 g/mol. The zero-order chi connectivity index (χ0) is 15.6. The van der Waals surface area contributed by atoms with Crippen molar-refractivity contribution in [2.24, 2.45) is 0 Å². The minimum absolute atomic E-state index is 0.232. The van der Waals surface area contributed by atoms with E-state index in [9.17, 15) is 9.90 Å². The first-order valence-electron chi connectivity index (χ1n) is 7.11. The van der Waals surface area contributed by atoms with Gasteiger partial charge in [0.2, 0.25) is 0 Å². The number of aliphatic hydroxyl groups is 1. The maximum Gasteiger partial charge on any atom is 0.191 e. The van der Waals surface area contributed by atoms with Gasteiger partial charge in [0, 0.05) is 0 Å². The summed E-state index contributed by atoms with van der Waals surface area (Å²) in [4.78, 5) is 12.1. The Morgan fingerprint density at radius 1 is 1.05 bits per heavy atom. The predicted molar refractivity (Wildman–Crippen MR) is 69.2 cm³/mol. The van der Waals surface area contributed by atoms with Gasteiger partial charge in [0.15, 0.2) is 35.4 Å². The van der Waals surface area contributed by atoms with Crippen molar-refractivity contribution in [2.45, 2.75) is 76.4 Å². The summed E-state index contributed by atoms with van der Waals surface area (Å²) in [6.45, 7) is 8.51. The number of fused-ring (bicyclic) bond motifs is 1. The number of carbonyl (C=O) groups is 1. The van der Waals surface area contributed by atoms with E-state index in [0.29, 0.717) is 0 Å². The van der Waals surface area contributed by atoms with Crippen LogP contribution in [0.2, 0.25) is 0 Å². The second-order valence-corrected chi connectivity index (χ2v) is 6.73. The molecule has 0 bridgehead atoms. The fourth-order valence-electron chi connectivity index (χ4n) is 3.17. The fourth-order valence-corrected chi connectivity index (χ4v) is 3.17. The largest absolute Gasteiger partial charge is 0.377 e. The molecule has 0 spiro atoms. The lowest BCUT2D eigenvalue weighted by atomic mass is 9.86. The Morgan fingerprint density at radius 3 is 2.24 bits per heavy atom. The van der Waals surface area contributed by atoms with E-state index in [-0.39, 0.29) is 6.61 Å². The van der Waals surface area contributed by atoms with Gasteiger partial charge in [-0.25, -0.2) is 0 Å². The summed E-state index contributed by atoms with van der Waals surface area (Å²) in [5.74, 6) is -2.12. The molecule has 3 rings (SSSR count). The Labute approximate surface area is 123 Å². The minimum atomic E-state index is -1.81. The molecule has 0 aromatic carbocycles. The molecule has 3 fully saturated rings. The van der Waals surface area contributed by atoms with Crippen LogP contribution >= 0.6 is 0 Å². The summed E-state index contributed by atoms with van der Waals surface area (Å²) >= 11 is 0. The van der Waals surface area contributed by atoms with Gasteiger partial charge in [0.05, 0.1) is 6.61 Å². The van der Waals surface area contributed by atoms with Crippen LogP contribution in [0.1, 0.15) is 34.6 Å². The lowest BCUT2D eigenvalue weighted by molar-refractivity contribution is -0.244. The van der Waals surface area contributed by atoms with Gasteiger partial charge >= 0.3 is 0 Å². The van der Waals surface area contributed by atoms with Gasteiger partial charge in [-0.3, -0.25) is 4.79 Å². The summed E-state index contributed by atoms with van der Waals surface area (Å²) in [6.07, 6.45) is -3.12. The molecule has 0 radical (unpaired) electrons. The van der Waals surface area contributed by atoms with E-state index in [0.717, 1.165) is 0 Å².